The van der Waals surface area contributed by atoms with E-state index in [1.807, 2.05) is 0 Å². The molecule has 0 aliphatic carbocycles. The number of hydrogen-bond acceptors (Lipinski definition) is 4. The minimum Gasteiger partial charge on any atom is -0.323 e. The molecule has 4 rings (SSSR count). The van der Waals surface area contributed by atoms with Crippen molar-refractivity contribution < 1.29 is 17.6 Å². The summed E-state index contributed by atoms with van der Waals surface area (Å²) in [6.45, 7) is 0.992. The van der Waals surface area contributed by atoms with Gasteiger partial charge in [-0.3, -0.25) is 9.48 Å². The number of halogens is 1. The first kappa shape index (κ1) is 21.2. The molecule has 0 radical (unpaired) electrons. The standard InChI is InChI=1S/C22H23FN4O3S/c23-19-6-4-5-17(13-19)15-26-16-20(14-24-26)25-22(28)18-9-11-27(12-10-18)31(29,30)21-7-2-1-3-8-21/h1-8,13-14,16,18H,9-12,15H2,(H,25,28). The van der Waals surface area contributed by atoms with Gasteiger partial charge in [-0.1, -0.05) is 30.3 Å². The molecule has 7 nitrogen and oxygen atoms in total. The Labute approximate surface area is 180 Å². The Morgan fingerprint density at radius 3 is 2.55 bits per heavy atom. The molecule has 1 N–H and O–H groups in total. The van der Waals surface area contributed by atoms with E-state index in [2.05, 4.69) is 10.4 Å². The van der Waals surface area contributed by atoms with Crippen molar-refractivity contribution in [1.29, 1.82) is 0 Å². The van der Waals surface area contributed by atoms with Crippen molar-refractivity contribution in [1.82, 2.24) is 14.1 Å². The Bertz CT molecular complexity index is 1160. The molecular weight excluding hydrogens is 419 g/mol. The Hall–Kier alpha value is -3.04. The summed E-state index contributed by atoms with van der Waals surface area (Å²) in [6, 6.07) is 14.6. The van der Waals surface area contributed by atoms with E-state index in [1.165, 1.54) is 16.4 Å². The van der Waals surface area contributed by atoms with E-state index in [0.29, 0.717) is 38.2 Å². The van der Waals surface area contributed by atoms with E-state index < -0.39 is 10.0 Å². The number of anilines is 1. The second kappa shape index (κ2) is 8.99. The van der Waals surface area contributed by atoms with Crippen LogP contribution in [0.2, 0.25) is 0 Å². The number of nitrogens with zero attached hydrogens (tertiary/aromatic N) is 3. The number of nitrogens with one attached hydrogen (secondary N) is 1. The van der Waals surface area contributed by atoms with Crippen LogP contribution in [-0.4, -0.2) is 41.5 Å². The smallest absolute Gasteiger partial charge is 0.243 e. The highest BCUT2D eigenvalue weighted by molar-refractivity contribution is 7.89. The van der Waals surface area contributed by atoms with Gasteiger partial charge >= 0.3 is 0 Å². The fourth-order valence-electron chi connectivity index (χ4n) is 3.68. The summed E-state index contributed by atoms with van der Waals surface area (Å²) in [6.07, 6.45) is 4.15. The predicted molar refractivity (Wildman–Crippen MR) is 114 cm³/mol. The minimum atomic E-state index is -3.54. The lowest BCUT2D eigenvalue weighted by molar-refractivity contribution is -0.120. The number of hydrogen-bond donors (Lipinski definition) is 1. The summed E-state index contributed by atoms with van der Waals surface area (Å²) in [5, 5.41) is 7.06. The highest BCUT2D eigenvalue weighted by Gasteiger charge is 2.32. The fourth-order valence-corrected chi connectivity index (χ4v) is 5.17. The van der Waals surface area contributed by atoms with E-state index in [9.17, 15) is 17.6 Å². The number of amides is 1. The molecule has 162 valence electrons. The van der Waals surface area contributed by atoms with Crippen LogP contribution in [0.25, 0.3) is 0 Å². The molecule has 0 unspecified atom stereocenters. The summed E-state index contributed by atoms with van der Waals surface area (Å²) >= 11 is 0. The van der Waals surface area contributed by atoms with Gasteiger partial charge in [-0.2, -0.15) is 9.40 Å². The summed E-state index contributed by atoms with van der Waals surface area (Å²) < 4.78 is 41.8. The number of piperidine rings is 1. The van der Waals surface area contributed by atoms with Gasteiger partial charge in [0.05, 0.1) is 23.3 Å². The minimum absolute atomic E-state index is 0.151. The number of carbonyl (C=O) groups is 1. The van der Waals surface area contributed by atoms with Crippen molar-refractivity contribution in [3.63, 3.8) is 0 Å². The van der Waals surface area contributed by atoms with Gasteiger partial charge in [0, 0.05) is 25.2 Å². The topological polar surface area (TPSA) is 84.3 Å². The summed E-state index contributed by atoms with van der Waals surface area (Å²) in [5.41, 5.74) is 1.33. The largest absolute Gasteiger partial charge is 0.323 e. The molecule has 1 amide bonds. The van der Waals surface area contributed by atoms with Crippen LogP contribution in [0.3, 0.4) is 0 Å². The molecule has 1 aromatic heterocycles. The van der Waals surface area contributed by atoms with Crippen LogP contribution in [0.15, 0.2) is 71.9 Å². The lowest BCUT2D eigenvalue weighted by Crippen LogP contribution is -2.41. The SMILES string of the molecule is O=C(Nc1cnn(Cc2cccc(F)c2)c1)C1CCN(S(=O)(=O)c2ccccc2)CC1. The third-order valence-corrected chi connectivity index (χ3v) is 7.25. The number of benzene rings is 2. The van der Waals surface area contributed by atoms with Crippen molar-refractivity contribution >= 4 is 21.6 Å². The molecule has 0 spiro atoms. The predicted octanol–water partition coefficient (Wildman–Crippen LogP) is 3.11. The van der Waals surface area contributed by atoms with Gasteiger partial charge in [0.15, 0.2) is 0 Å². The average Bonchev–Trinajstić information content (AvgIpc) is 3.21. The van der Waals surface area contributed by atoms with Crippen molar-refractivity contribution in [3.8, 4) is 0 Å². The number of carbonyl (C=O) groups excluding carboxylic acids is 1. The molecule has 2 heterocycles. The second-order valence-corrected chi connectivity index (χ2v) is 9.48. The molecule has 2 aromatic carbocycles. The van der Waals surface area contributed by atoms with Crippen molar-refractivity contribution in [2.45, 2.75) is 24.3 Å². The molecule has 1 aliphatic rings. The normalized spacial score (nSPS) is 15.6. The van der Waals surface area contributed by atoms with Crippen molar-refractivity contribution in [3.05, 3.63) is 78.4 Å². The summed E-state index contributed by atoms with van der Waals surface area (Å²) in [7, 11) is -3.54. The van der Waals surface area contributed by atoms with Gasteiger partial charge < -0.3 is 5.32 Å². The molecule has 9 heteroatoms. The highest BCUT2D eigenvalue weighted by Crippen LogP contribution is 2.24. The van der Waals surface area contributed by atoms with E-state index in [0.717, 1.165) is 5.56 Å². The Morgan fingerprint density at radius 1 is 1.10 bits per heavy atom. The van der Waals surface area contributed by atoms with Gasteiger partial charge in [-0.15, -0.1) is 0 Å². The van der Waals surface area contributed by atoms with Crippen LogP contribution in [0.1, 0.15) is 18.4 Å². The number of aromatic nitrogens is 2. The second-order valence-electron chi connectivity index (χ2n) is 7.54. The first-order valence-corrected chi connectivity index (χ1v) is 11.5. The highest BCUT2D eigenvalue weighted by atomic mass is 32.2. The summed E-state index contributed by atoms with van der Waals surface area (Å²) in [5.74, 6) is -0.727. The van der Waals surface area contributed by atoms with Gasteiger partial charge in [-0.05, 0) is 42.7 Å². The fraction of sp³-hybridized carbons (Fsp3) is 0.273. The Balaban J connectivity index is 1.32. The Kier molecular flexibility index (Phi) is 6.15. The number of sulfonamides is 1. The van der Waals surface area contributed by atoms with Crippen LogP contribution < -0.4 is 5.32 Å². The number of rotatable bonds is 6. The van der Waals surface area contributed by atoms with Crippen LogP contribution in [-0.2, 0) is 21.4 Å². The molecule has 1 saturated heterocycles. The molecule has 1 fully saturated rings. The van der Waals surface area contributed by atoms with Gasteiger partial charge in [0.2, 0.25) is 15.9 Å². The molecule has 3 aromatic rings. The molecule has 0 atom stereocenters. The Morgan fingerprint density at radius 2 is 1.84 bits per heavy atom. The average molecular weight is 443 g/mol. The van der Waals surface area contributed by atoms with Crippen LogP contribution >= 0.6 is 0 Å². The van der Waals surface area contributed by atoms with E-state index >= 15 is 0 Å². The lowest BCUT2D eigenvalue weighted by Gasteiger charge is -2.30. The quantitative estimate of drug-likeness (QED) is 0.636. The van der Waals surface area contributed by atoms with E-state index in [-0.39, 0.29) is 22.5 Å². The first-order chi connectivity index (χ1) is 14.9. The first-order valence-electron chi connectivity index (χ1n) is 10.0. The van der Waals surface area contributed by atoms with Crippen LogP contribution in [0, 0.1) is 11.7 Å². The monoisotopic (exact) mass is 442 g/mol. The third-order valence-electron chi connectivity index (χ3n) is 5.34. The zero-order chi connectivity index (χ0) is 21.8. The zero-order valence-electron chi connectivity index (χ0n) is 16.8. The maximum absolute atomic E-state index is 13.3. The van der Waals surface area contributed by atoms with E-state index in [4.69, 9.17) is 0 Å². The van der Waals surface area contributed by atoms with Gasteiger partial charge in [0.1, 0.15) is 5.82 Å². The maximum Gasteiger partial charge on any atom is 0.243 e. The third kappa shape index (κ3) is 5.00. The molecule has 0 saturated carbocycles. The van der Waals surface area contributed by atoms with Crippen LogP contribution in [0.5, 0.6) is 0 Å². The zero-order valence-corrected chi connectivity index (χ0v) is 17.6. The molecule has 1 aliphatic heterocycles. The van der Waals surface area contributed by atoms with Crippen molar-refractivity contribution in [2.75, 3.05) is 18.4 Å². The summed E-state index contributed by atoms with van der Waals surface area (Å²) in [4.78, 5) is 12.9. The van der Waals surface area contributed by atoms with Gasteiger partial charge in [-0.25, -0.2) is 12.8 Å². The molecular formula is C22H23FN4O3S. The van der Waals surface area contributed by atoms with Crippen LogP contribution in [0.4, 0.5) is 10.1 Å². The van der Waals surface area contributed by atoms with Gasteiger partial charge in [0.25, 0.3) is 0 Å². The molecule has 0 bridgehead atoms. The van der Waals surface area contributed by atoms with Crippen molar-refractivity contribution in [2.24, 2.45) is 5.92 Å². The maximum atomic E-state index is 13.3. The van der Waals surface area contributed by atoms with E-state index in [1.54, 1.807) is 59.5 Å². The lowest BCUT2D eigenvalue weighted by atomic mass is 9.97. The molecule has 31 heavy (non-hydrogen) atoms.